The number of aromatic nitrogens is 4. The van der Waals surface area contributed by atoms with Crippen molar-refractivity contribution in [3.05, 3.63) is 17.8 Å². The van der Waals surface area contributed by atoms with Crippen molar-refractivity contribution in [3.63, 3.8) is 0 Å². The quantitative estimate of drug-likeness (QED) is 0.707. The maximum Gasteiger partial charge on any atom is 0.206 e. The molecule has 0 spiro atoms. The lowest BCUT2D eigenvalue weighted by molar-refractivity contribution is 0.120. The summed E-state index contributed by atoms with van der Waals surface area (Å²) in [6, 6.07) is 2.04. The highest BCUT2D eigenvalue weighted by molar-refractivity contribution is 8.01. The molecule has 4 rings (SSSR count). The number of hydrogen-bond donors (Lipinski definition) is 1. The summed E-state index contributed by atoms with van der Waals surface area (Å²) < 4.78 is 6.47. The minimum atomic E-state index is 0.298. The molecular formula is C13H13N5OS3. The molecule has 1 aliphatic rings. The smallest absolute Gasteiger partial charge is 0.206 e. The third-order valence-electron chi connectivity index (χ3n) is 3.32. The average Bonchev–Trinajstić information content (AvgIpc) is 3.27. The van der Waals surface area contributed by atoms with E-state index in [1.807, 2.05) is 11.4 Å². The van der Waals surface area contributed by atoms with Crippen molar-refractivity contribution < 1.29 is 4.74 Å². The minimum absolute atomic E-state index is 0.298. The van der Waals surface area contributed by atoms with Crippen LogP contribution >= 0.6 is 34.4 Å². The van der Waals surface area contributed by atoms with E-state index in [1.54, 1.807) is 17.7 Å². The molecule has 9 heteroatoms. The first-order valence-electron chi connectivity index (χ1n) is 6.93. The number of hydrogen-bond acceptors (Lipinski definition) is 9. The van der Waals surface area contributed by atoms with Crippen LogP contribution in [-0.2, 0) is 4.74 Å². The van der Waals surface area contributed by atoms with Gasteiger partial charge in [-0.3, -0.25) is 0 Å². The van der Waals surface area contributed by atoms with Gasteiger partial charge in [0.2, 0.25) is 5.13 Å². The Bertz CT molecular complexity index is 768. The molecular weight excluding hydrogens is 338 g/mol. The van der Waals surface area contributed by atoms with E-state index in [-0.39, 0.29) is 0 Å². The van der Waals surface area contributed by atoms with Crippen molar-refractivity contribution >= 4 is 49.8 Å². The van der Waals surface area contributed by atoms with Crippen LogP contribution in [0.25, 0.3) is 10.2 Å². The second-order valence-corrected chi connectivity index (χ2v) is 7.92. The van der Waals surface area contributed by atoms with Crippen LogP contribution in [0.15, 0.2) is 27.1 Å². The van der Waals surface area contributed by atoms with Crippen LogP contribution < -0.4 is 5.32 Å². The highest BCUT2D eigenvalue weighted by atomic mass is 32.2. The van der Waals surface area contributed by atoms with Gasteiger partial charge < -0.3 is 10.1 Å². The molecule has 4 heterocycles. The number of ether oxygens (including phenoxy) is 1. The molecule has 0 aliphatic carbocycles. The summed E-state index contributed by atoms with van der Waals surface area (Å²) in [4.78, 5) is 9.61. The average molecular weight is 351 g/mol. The maximum atomic E-state index is 5.59. The van der Waals surface area contributed by atoms with Gasteiger partial charge in [0.1, 0.15) is 16.2 Å². The Balaban J connectivity index is 1.44. The fourth-order valence-electron chi connectivity index (χ4n) is 2.26. The van der Waals surface area contributed by atoms with Gasteiger partial charge in [-0.1, -0.05) is 11.3 Å². The third kappa shape index (κ3) is 3.07. The first kappa shape index (κ1) is 14.3. The summed E-state index contributed by atoms with van der Waals surface area (Å²) in [5.41, 5.74) is 0. The Kier molecular flexibility index (Phi) is 4.20. The van der Waals surface area contributed by atoms with Crippen LogP contribution in [0.4, 0.5) is 5.13 Å². The SMILES string of the molecule is c1nc(Sc2nnc(NCC3CCCO3)s2)c2ccsc2n1. The zero-order chi connectivity index (χ0) is 14.8. The maximum absolute atomic E-state index is 5.59. The molecule has 1 saturated heterocycles. The molecule has 1 aliphatic heterocycles. The Morgan fingerprint density at radius 2 is 2.36 bits per heavy atom. The summed E-state index contributed by atoms with van der Waals surface area (Å²) in [7, 11) is 0. The van der Waals surface area contributed by atoms with E-state index in [9.17, 15) is 0 Å². The topological polar surface area (TPSA) is 72.8 Å². The third-order valence-corrected chi connectivity index (χ3v) is 6.09. The fourth-order valence-corrected chi connectivity index (χ4v) is 4.80. The van der Waals surface area contributed by atoms with Gasteiger partial charge in [-0.15, -0.1) is 21.5 Å². The zero-order valence-corrected chi connectivity index (χ0v) is 14.0. The lowest BCUT2D eigenvalue weighted by Gasteiger charge is -2.08. The van der Waals surface area contributed by atoms with Crippen LogP contribution in [0.1, 0.15) is 12.8 Å². The Morgan fingerprint density at radius 1 is 1.36 bits per heavy atom. The number of rotatable bonds is 5. The van der Waals surface area contributed by atoms with Gasteiger partial charge in [-0.2, -0.15) is 0 Å². The van der Waals surface area contributed by atoms with Crippen molar-refractivity contribution in [1.82, 2.24) is 20.2 Å². The van der Waals surface area contributed by atoms with E-state index in [2.05, 4.69) is 25.5 Å². The molecule has 3 aromatic rings. The summed E-state index contributed by atoms with van der Waals surface area (Å²) in [5.74, 6) is 0. The van der Waals surface area contributed by atoms with Gasteiger partial charge in [0.25, 0.3) is 0 Å². The van der Waals surface area contributed by atoms with Crippen molar-refractivity contribution in [2.24, 2.45) is 0 Å². The Morgan fingerprint density at radius 3 is 3.27 bits per heavy atom. The molecule has 1 unspecified atom stereocenters. The molecule has 1 N–H and O–H groups in total. The predicted molar refractivity (Wildman–Crippen MR) is 88.9 cm³/mol. The van der Waals surface area contributed by atoms with Crippen molar-refractivity contribution in [2.45, 2.75) is 28.3 Å². The number of anilines is 1. The molecule has 1 fully saturated rings. The first-order valence-corrected chi connectivity index (χ1v) is 9.45. The van der Waals surface area contributed by atoms with Crippen LogP contribution in [0, 0.1) is 0 Å². The summed E-state index contributed by atoms with van der Waals surface area (Å²) in [6.45, 7) is 1.66. The van der Waals surface area contributed by atoms with Crippen molar-refractivity contribution in [3.8, 4) is 0 Å². The molecule has 0 radical (unpaired) electrons. The lowest BCUT2D eigenvalue weighted by Crippen LogP contribution is -2.18. The van der Waals surface area contributed by atoms with E-state index < -0.39 is 0 Å². The van der Waals surface area contributed by atoms with Crippen LogP contribution in [-0.4, -0.2) is 39.4 Å². The van der Waals surface area contributed by atoms with E-state index in [4.69, 9.17) is 4.74 Å². The number of thiophene rings is 1. The van der Waals surface area contributed by atoms with Crippen LogP contribution in [0.5, 0.6) is 0 Å². The second-order valence-electron chi connectivity index (χ2n) is 4.81. The first-order chi connectivity index (χ1) is 10.9. The van der Waals surface area contributed by atoms with E-state index in [1.165, 1.54) is 23.1 Å². The van der Waals surface area contributed by atoms with Gasteiger partial charge in [0.15, 0.2) is 4.34 Å². The normalized spacial score (nSPS) is 18.1. The molecule has 22 heavy (non-hydrogen) atoms. The highest BCUT2D eigenvalue weighted by Gasteiger charge is 2.16. The predicted octanol–water partition coefficient (Wildman–Crippen LogP) is 3.28. The molecule has 1 atom stereocenters. The summed E-state index contributed by atoms with van der Waals surface area (Å²) in [6.07, 6.45) is 4.16. The number of nitrogens with one attached hydrogen (secondary N) is 1. The molecule has 114 valence electrons. The highest BCUT2D eigenvalue weighted by Crippen LogP contribution is 2.35. The zero-order valence-electron chi connectivity index (χ0n) is 11.6. The van der Waals surface area contributed by atoms with E-state index in [0.29, 0.717) is 6.10 Å². The largest absolute Gasteiger partial charge is 0.376 e. The monoisotopic (exact) mass is 351 g/mol. The Hall–Kier alpha value is -1.29. The second kappa shape index (κ2) is 6.45. The number of nitrogens with zero attached hydrogens (tertiary/aromatic N) is 4. The van der Waals surface area contributed by atoms with E-state index >= 15 is 0 Å². The van der Waals surface area contributed by atoms with Gasteiger partial charge >= 0.3 is 0 Å². The molecule has 0 aromatic carbocycles. The van der Waals surface area contributed by atoms with Crippen molar-refractivity contribution in [2.75, 3.05) is 18.5 Å². The van der Waals surface area contributed by atoms with Crippen LogP contribution in [0.3, 0.4) is 0 Å². The molecule has 0 amide bonds. The molecule has 3 aromatic heterocycles. The van der Waals surface area contributed by atoms with E-state index in [0.717, 1.165) is 50.7 Å². The van der Waals surface area contributed by atoms with Crippen molar-refractivity contribution in [1.29, 1.82) is 0 Å². The number of fused-ring (bicyclic) bond motifs is 1. The molecule has 0 bridgehead atoms. The van der Waals surface area contributed by atoms with Crippen LogP contribution in [0.2, 0.25) is 0 Å². The van der Waals surface area contributed by atoms with Gasteiger partial charge in [0, 0.05) is 18.5 Å². The van der Waals surface area contributed by atoms with Gasteiger partial charge in [-0.05, 0) is 36.0 Å². The Labute approximate surface area is 139 Å². The summed E-state index contributed by atoms with van der Waals surface area (Å²) >= 11 is 4.69. The summed E-state index contributed by atoms with van der Waals surface area (Å²) in [5, 5.41) is 16.5. The standard InChI is InChI=1S/C13H13N5OS3/c1-2-8(19-4-1)6-14-12-17-18-13(22-12)21-11-9-3-5-20-10(9)15-7-16-11/h3,5,7-8H,1-2,4,6H2,(H,14,17). The lowest BCUT2D eigenvalue weighted by atomic mass is 10.2. The molecule has 0 saturated carbocycles. The molecule has 6 nitrogen and oxygen atoms in total. The minimum Gasteiger partial charge on any atom is -0.376 e. The fraction of sp³-hybridized carbons (Fsp3) is 0.385. The van der Waals surface area contributed by atoms with Gasteiger partial charge in [0.05, 0.1) is 6.10 Å². The van der Waals surface area contributed by atoms with Gasteiger partial charge in [-0.25, -0.2) is 9.97 Å².